The molecule has 1 aromatic rings. The van der Waals surface area contributed by atoms with Gasteiger partial charge in [0.1, 0.15) is 0 Å². The average molecular weight is 362 g/mol. The first-order valence-corrected chi connectivity index (χ1v) is 10.8. The third-order valence-corrected chi connectivity index (χ3v) is 6.91. The fourth-order valence-electron chi connectivity index (χ4n) is 3.51. The van der Waals surface area contributed by atoms with Crippen LogP contribution < -0.4 is 0 Å². The summed E-state index contributed by atoms with van der Waals surface area (Å²) < 4.78 is 23.2. The molecule has 0 aliphatic carbocycles. The van der Waals surface area contributed by atoms with Crippen molar-refractivity contribution in [2.75, 3.05) is 37.7 Å². The molecule has 1 amide bonds. The van der Waals surface area contributed by atoms with Crippen LogP contribution in [0.5, 0.6) is 0 Å². The summed E-state index contributed by atoms with van der Waals surface area (Å²) in [5.41, 5.74) is 2.31. The molecule has 136 valence electrons. The minimum absolute atomic E-state index is 0.0262. The molecule has 0 N–H and O–H groups in total. The lowest BCUT2D eigenvalue weighted by molar-refractivity contribution is -0.127. The molecule has 2 saturated heterocycles. The summed E-state index contributed by atoms with van der Waals surface area (Å²) in [6, 6.07) is 8.36. The second-order valence-electron chi connectivity index (χ2n) is 6.85. The van der Waals surface area contributed by atoms with Gasteiger partial charge in [-0.15, -0.1) is 0 Å². The second kappa shape index (κ2) is 7.70. The topological polar surface area (TPSA) is 57.7 Å². The van der Waals surface area contributed by atoms with E-state index in [9.17, 15) is 13.2 Å². The highest BCUT2D eigenvalue weighted by molar-refractivity contribution is 7.91. The van der Waals surface area contributed by atoms with Gasteiger partial charge in [0, 0.05) is 38.3 Å². The maximum atomic E-state index is 12.4. The molecule has 0 saturated carbocycles. The summed E-state index contributed by atoms with van der Waals surface area (Å²) in [5.74, 6) is 0.601. The van der Waals surface area contributed by atoms with Crippen molar-refractivity contribution in [3.05, 3.63) is 41.5 Å². The van der Waals surface area contributed by atoms with Gasteiger partial charge in [-0.3, -0.25) is 9.69 Å². The number of carbonyl (C=O) groups excluding carboxylic acids is 1. The summed E-state index contributed by atoms with van der Waals surface area (Å²) >= 11 is 0. The molecule has 2 aliphatic rings. The number of sulfone groups is 1. The predicted octanol–water partition coefficient (Wildman–Crippen LogP) is 1.59. The molecule has 2 heterocycles. The zero-order chi connectivity index (χ0) is 17.9. The highest BCUT2D eigenvalue weighted by Gasteiger charge is 2.34. The van der Waals surface area contributed by atoms with Crippen LogP contribution in [0.2, 0.25) is 0 Å². The molecule has 0 unspecified atom stereocenters. The fourth-order valence-corrected chi connectivity index (χ4v) is 5.27. The number of nitrogens with zero attached hydrogens (tertiary/aromatic N) is 2. The molecule has 25 heavy (non-hydrogen) atoms. The molecule has 3 rings (SSSR count). The van der Waals surface area contributed by atoms with E-state index in [2.05, 4.69) is 24.0 Å². The van der Waals surface area contributed by atoms with Gasteiger partial charge in [-0.2, -0.15) is 0 Å². The van der Waals surface area contributed by atoms with Gasteiger partial charge in [-0.1, -0.05) is 31.2 Å². The number of piperazine rings is 1. The summed E-state index contributed by atoms with van der Waals surface area (Å²) in [6.07, 6.45) is 5.23. The van der Waals surface area contributed by atoms with E-state index in [1.165, 1.54) is 5.56 Å². The Balaban J connectivity index is 1.50. The van der Waals surface area contributed by atoms with Gasteiger partial charge in [-0.25, -0.2) is 8.42 Å². The SMILES string of the molecule is CCc1ccc(/C=C/C(=O)N2CCN([C@@H]3CCS(=O)(=O)C3)CC2)cc1. The average Bonchev–Trinajstić information content (AvgIpc) is 3.00. The van der Waals surface area contributed by atoms with Crippen LogP contribution in [-0.2, 0) is 21.1 Å². The van der Waals surface area contributed by atoms with E-state index < -0.39 is 9.84 Å². The van der Waals surface area contributed by atoms with Crippen molar-refractivity contribution < 1.29 is 13.2 Å². The first kappa shape index (κ1) is 18.1. The van der Waals surface area contributed by atoms with Crippen LogP contribution >= 0.6 is 0 Å². The maximum Gasteiger partial charge on any atom is 0.246 e. The van der Waals surface area contributed by atoms with E-state index in [4.69, 9.17) is 0 Å². The fraction of sp³-hybridized carbons (Fsp3) is 0.526. The molecule has 0 spiro atoms. The number of aryl methyl sites for hydroxylation is 1. The van der Waals surface area contributed by atoms with Gasteiger partial charge in [0.05, 0.1) is 11.5 Å². The summed E-state index contributed by atoms with van der Waals surface area (Å²) in [4.78, 5) is 16.4. The van der Waals surface area contributed by atoms with E-state index in [1.54, 1.807) is 6.08 Å². The van der Waals surface area contributed by atoms with E-state index >= 15 is 0 Å². The van der Waals surface area contributed by atoms with Crippen molar-refractivity contribution >= 4 is 21.8 Å². The normalized spacial score (nSPS) is 24.0. The molecular weight excluding hydrogens is 336 g/mol. The zero-order valence-electron chi connectivity index (χ0n) is 14.7. The van der Waals surface area contributed by atoms with Crippen molar-refractivity contribution in [2.24, 2.45) is 0 Å². The van der Waals surface area contributed by atoms with E-state index in [0.29, 0.717) is 18.8 Å². The lowest BCUT2D eigenvalue weighted by atomic mass is 10.1. The van der Waals surface area contributed by atoms with Crippen LogP contribution in [0.3, 0.4) is 0 Å². The lowest BCUT2D eigenvalue weighted by Crippen LogP contribution is -2.52. The Labute approximate surface area is 150 Å². The van der Waals surface area contributed by atoms with Crippen LogP contribution in [0.1, 0.15) is 24.5 Å². The number of benzene rings is 1. The highest BCUT2D eigenvalue weighted by atomic mass is 32.2. The summed E-state index contributed by atoms with van der Waals surface area (Å²) in [6.45, 7) is 4.95. The van der Waals surface area contributed by atoms with Gasteiger partial charge < -0.3 is 4.90 Å². The molecule has 1 atom stereocenters. The summed E-state index contributed by atoms with van der Waals surface area (Å²) in [5, 5.41) is 0. The maximum absolute atomic E-state index is 12.4. The Kier molecular flexibility index (Phi) is 5.59. The van der Waals surface area contributed by atoms with Crippen molar-refractivity contribution in [2.45, 2.75) is 25.8 Å². The van der Waals surface area contributed by atoms with Crippen LogP contribution in [0.25, 0.3) is 6.08 Å². The molecule has 0 bridgehead atoms. The number of amides is 1. The van der Waals surface area contributed by atoms with Crippen molar-refractivity contribution in [3.63, 3.8) is 0 Å². The minimum atomic E-state index is -2.85. The first-order valence-electron chi connectivity index (χ1n) is 8.97. The smallest absolute Gasteiger partial charge is 0.246 e. The Morgan fingerprint density at radius 3 is 2.40 bits per heavy atom. The quantitative estimate of drug-likeness (QED) is 0.764. The Morgan fingerprint density at radius 1 is 1.16 bits per heavy atom. The van der Waals surface area contributed by atoms with Crippen LogP contribution in [-0.4, -0.2) is 67.9 Å². The Bertz CT molecular complexity index is 732. The third kappa shape index (κ3) is 4.70. The van der Waals surface area contributed by atoms with E-state index in [0.717, 1.165) is 31.5 Å². The lowest BCUT2D eigenvalue weighted by Gasteiger charge is -2.37. The molecule has 1 aromatic carbocycles. The first-order chi connectivity index (χ1) is 12.0. The number of rotatable bonds is 4. The standard InChI is InChI=1S/C19H26N2O3S/c1-2-16-3-5-17(6-4-16)7-8-19(22)21-12-10-20(11-13-21)18-9-14-25(23,24)15-18/h3-8,18H,2,9-15H2,1H3/b8-7+/t18-/m1/s1. The molecular formula is C19H26N2O3S. The zero-order valence-corrected chi connectivity index (χ0v) is 15.5. The molecule has 0 radical (unpaired) electrons. The number of carbonyl (C=O) groups is 1. The molecule has 2 fully saturated rings. The van der Waals surface area contributed by atoms with Gasteiger partial charge in [0.15, 0.2) is 9.84 Å². The van der Waals surface area contributed by atoms with Gasteiger partial charge in [0.25, 0.3) is 0 Å². The third-order valence-electron chi connectivity index (χ3n) is 5.16. The monoisotopic (exact) mass is 362 g/mol. The van der Waals surface area contributed by atoms with Gasteiger partial charge in [-0.05, 0) is 30.0 Å². The Morgan fingerprint density at radius 2 is 1.84 bits per heavy atom. The van der Waals surface area contributed by atoms with Gasteiger partial charge in [0.2, 0.25) is 5.91 Å². The number of hydrogen-bond donors (Lipinski definition) is 0. The van der Waals surface area contributed by atoms with Crippen LogP contribution in [0.15, 0.2) is 30.3 Å². The molecule has 5 nitrogen and oxygen atoms in total. The van der Waals surface area contributed by atoms with Crippen LogP contribution in [0, 0.1) is 0 Å². The number of hydrogen-bond acceptors (Lipinski definition) is 4. The Hall–Kier alpha value is -1.66. The van der Waals surface area contributed by atoms with E-state index in [-0.39, 0.29) is 17.7 Å². The van der Waals surface area contributed by atoms with Gasteiger partial charge >= 0.3 is 0 Å². The van der Waals surface area contributed by atoms with E-state index in [1.807, 2.05) is 23.1 Å². The van der Waals surface area contributed by atoms with Crippen LogP contribution in [0.4, 0.5) is 0 Å². The summed E-state index contributed by atoms with van der Waals surface area (Å²) in [7, 11) is -2.85. The second-order valence-corrected chi connectivity index (χ2v) is 9.08. The molecule has 6 heteroatoms. The predicted molar refractivity (Wildman–Crippen MR) is 100 cm³/mol. The van der Waals surface area contributed by atoms with Crippen molar-refractivity contribution in [1.82, 2.24) is 9.80 Å². The molecule has 2 aliphatic heterocycles. The van der Waals surface area contributed by atoms with Crippen molar-refractivity contribution in [1.29, 1.82) is 0 Å². The largest absolute Gasteiger partial charge is 0.337 e. The van der Waals surface area contributed by atoms with Crippen molar-refractivity contribution in [3.8, 4) is 0 Å². The highest BCUT2D eigenvalue weighted by Crippen LogP contribution is 2.19. The minimum Gasteiger partial charge on any atom is -0.337 e. The molecule has 0 aromatic heterocycles.